The minimum Gasteiger partial charge on any atom is -0.356 e. The summed E-state index contributed by atoms with van der Waals surface area (Å²) in [6.45, 7) is 4.33. The fraction of sp³-hybridized carbons (Fsp3) is 0.286. The minimum absolute atomic E-state index is 0.0389. The van der Waals surface area contributed by atoms with E-state index in [-0.39, 0.29) is 12.6 Å². The molecule has 1 fully saturated rings. The maximum absolute atomic E-state index is 13.0. The SMILES string of the molecule is Cc1ccc(-c2cc(CN(C3CC3)S(=O)(=O)c3ccccc3)no2)cc1C. The Kier molecular flexibility index (Phi) is 4.61. The highest BCUT2D eigenvalue weighted by Gasteiger charge is 2.38. The van der Waals surface area contributed by atoms with E-state index in [0.717, 1.165) is 18.4 Å². The first-order valence-electron chi connectivity index (χ1n) is 9.05. The lowest BCUT2D eigenvalue weighted by Crippen LogP contribution is -2.32. The summed E-state index contributed by atoms with van der Waals surface area (Å²) < 4.78 is 33.1. The molecule has 0 saturated heterocycles. The van der Waals surface area contributed by atoms with Crippen molar-refractivity contribution in [3.05, 3.63) is 71.4 Å². The number of rotatable bonds is 6. The van der Waals surface area contributed by atoms with Crippen LogP contribution in [0.4, 0.5) is 0 Å². The number of nitrogens with zero attached hydrogens (tertiary/aromatic N) is 2. The molecule has 0 N–H and O–H groups in total. The molecule has 1 saturated carbocycles. The van der Waals surface area contributed by atoms with Gasteiger partial charge in [0.25, 0.3) is 0 Å². The van der Waals surface area contributed by atoms with E-state index in [1.807, 2.05) is 24.3 Å². The van der Waals surface area contributed by atoms with Crippen LogP contribution < -0.4 is 0 Å². The molecule has 0 spiro atoms. The van der Waals surface area contributed by atoms with Gasteiger partial charge in [-0.1, -0.05) is 35.5 Å². The number of benzene rings is 2. The van der Waals surface area contributed by atoms with Crippen LogP contribution >= 0.6 is 0 Å². The van der Waals surface area contributed by atoms with Gasteiger partial charge in [-0.25, -0.2) is 8.42 Å². The quantitative estimate of drug-likeness (QED) is 0.637. The summed E-state index contributed by atoms with van der Waals surface area (Å²) >= 11 is 0. The zero-order valence-electron chi connectivity index (χ0n) is 15.4. The van der Waals surface area contributed by atoms with Gasteiger partial charge < -0.3 is 4.52 Å². The summed E-state index contributed by atoms with van der Waals surface area (Å²) in [5.74, 6) is 0.654. The fourth-order valence-corrected chi connectivity index (χ4v) is 4.75. The summed E-state index contributed by atoms with van der Waals surface area (Å²) in [5, 5.41) is 4.12. The van der Waals surface area contributed by atoms with Gasteiger partial charge in [-0.3, -0.25) is 0 Å². The lowest BCUT2D eigenvalue weighted by atomic mass is 10.0. The van der Waals surface area contributed by atoms with Gasteiger partial charge in [-0.15, -0.1) is 0 Å². The van der Waals surface area contributed by atoms with Gasteiger partial charge in [-0.2, -0.15) is 4.31 Å². The molecule has 0 amide bonds. The van der Waals surface area contributed by atoms with Crippen molar-refractivity contribution in [1.29, 1.82) is 0 Å². The third kappa shape index (κ3) is 3.68. The summed E-state index contributed by atoms with van der Waals surface area (Å²) in [7, 11) is -3.55. The Morgan fingerprint density at radius 3 is 2.44 bits per heavy atom. The lowest BCUT2D eigenvalue weighted by Gasteiger charge is -2.20. The zero-order chi connectivity index (χ0) is 19.0. The van der Waals surface area contributed by atoms with Crippen molar-refractivity contribution in [2.45, 2.75) is 44.2 Å². The average Bonchev–Trinajstić information content (AvgIpc) is 3.40. The van der Waals surface area contributed by atoms with Crippen LogP contribution in [-0.4, -0.2) is 23.9 Å². The fourth-order valence-electron chi connectivity index (χ4n) is 3.08. The van der Waals surface area contributed by atoms with Gasteiger partial charge in [0.15, 0.2) is 5.76 Å². The van der Waals surface area contributed by atoms with E-state index in [0.29, 0.717) is 16.3 Å². The first-order chi connectivity index (χ1) is 12.9. The van der Waals surface area contributed by atoms with Crippen molar-refractivity contribution in [2.24, 2.45) is 0 Å². The van der Waals surface area contributed by atoms with E-state index in [9.17, 15) is 8.42 Å². The molecule has 27 heavy (non-hydrogen) atoms. The Hall–Kier alpha value is -2.44. The van der Waals surface area contributed by atoms with Crippen molar-refractivity contribution in [1.82, 2.24) is 9.46 Å². The highest BCUT2D eigenvalue weighted by molar-refractivity contribution is 7.89. The van der Waals surface area contributed by atoms with E-state index in [4.69, 9.17) is 4.52 Å². The molecule has 1 aliphatic rings. The smallest absolute Gasteiger partial charge is 0.243 e. The number of hydrogen-bond donors (Lipinski definition) is 0. The molecule has 0 radical (unpaired) electrons. The van der Waals surface area contributed by atoms with Crippen LogP contribution in [0.15, 0.2) is 64.0 Å². The third-order valence-electron chi connectivity index (χ3n) is 4.97. The van der Waals surface area contributed by atoms with Gasteiger partial charge in [-0.05, 0) is 56.0 Å². The Balaban J connectivity index is 1.60. The molecule has 3 aromatic rings. The van der Waals surface area contributed by atoms with Crippen molar-refractivity contribution in [3.63, 3.8) is 0 Å². The summed E-state index contributed by atoms with van der Waals surface area (Å²) in [4.78, 5) is 0.315. The van der Waals surface area contributed by atoms with Gasteiger partial charge >= 0.3 is 0 Å². The van der Waals surface area contributed by atoms with Crippen molar-refractivity contribution in [2.75, 3.05) is 0 Å². The Morgan fingerprint density at radius 1 is 1.04 bits per heavy atom. The van der Waals surface area contributed by atoms with Crippen molar-refractivity contribution >= 4 is 10.0 Å². The third-order valence-corrected chi connectivity index (χ3v) is 6.88. The second-order valence-corrected chi connectivity index (χ2v) is 8.97. The molecule has 0 aliphatic heterocycles. The van der Waals surface area contributed by atoms with Gasteiger partial charge in [0.1, 0.15) is 0 Å². The second kappa shape index (κ2) is 6.94. The summed E-state index contributed by atoms with van der Waals surface area (Å²) in [5.41, 5.74) is 3.96. The van der Waals surface area contributed by atoms with Crippen LogP contribution in [0.25, 0.3) is 11.3 Å². The normalized spacial score (nSPS) is 14.6. The predicted octanol–water partition coefficient (Wildman–Crippen LogP) is 4.31. The summed E-state index contributed by atoms with van der Waals surface area (Å²) in [6.07, 6.45) is 1.77. The number of sulfonamides is 1. The predicted molar refractivity (Wildman–Crippen MR) is 104 cm³/mol. The standard InChI is InChI=1S/C21H22N2O3S/c1-15-8-9-17(12-16(15)2)21-13-18(22-26-21)14-23(19-10-11-19)27(24,25)20-6-4-3-5-7-20/h3-9,12-13,19H,10-11,14H2,1-2H3. The molecule has 140 valence electrons. The van der Waals surface area contributed by atoms with Crippen molar-refractivity contribution < 1.29 is 12.9 Å². The monoisotopic (exact) mass is 382 g/mol. The maximum atomic E-state index is 13.0. The Bertz CT molecular complexity index is 1050. The molecule has 5 nitrogen and oxygen atoms in total. The van der Waals surface area contributed by atoms with Crippen LogP contribution in [0.2, 0.25) is 0 Å². The summed E-state index contributed by atoms with van der Waals surface area (Å²) in [6, 6.07) is 16.5. The molecule has 0 atom stereocenters. The van der Waals surface area contributed by atoms with Gasteiger partial charge in [0.05, 0.1) is 17.1 Å². The number of hydrogen-bond acceptors (Lipinski definition) is 4. The van der Waals surface area contributed by atoms with Crippen LogP contribution in [0.1, 0.15) is 29.7 Å². The van der Waals surface area contributed by atoms with E-state index < -0.39 is 10.0 Å². The molecule has 1 aromatic heterocycles. The lowest BCUT2D eigenvalue weighted by molar-refractivity contribution is 0.370. The van der Waals surface area contributed by atoms with Gasteiger partial charge in [0.2, 0.25) is 10.0 Å². The van der Waals surface area contributed by atoms with E-state index in [1.54, 1.807) is 28.6 Å². The van der Waals surface area contributed by atoms with E-state index in [1.165, 1.54) is 11.1 Å². The topological polar surface area (TPSA) is 63.4 Å². The molecule has 6 heteroatoms. The highest BCUT2D eigenvalue weighted by atomic mass is 32.2. The molecule has 2 aromatic carbocycles. The molecule has 0 bridgehead atoms. The Labute approximate surface area is 159 Å². The van der Waals surface area contributed by atoms with Crippen molar-refractivity contribution in [3.8, 4) is 11.3 Å². The number of aryl methyl sites for hydroxylation is 2. The highest BCUT2D eigenvalue weighted by Crippen LogP contribution is 2.34. The van der Waals surface area contributed by atoms with Crippen LogP contribution in [-0.2, 0) is 16.6 Å². The first-order valence-corrected chi connectivity index (χ1v) is 10.5. The average molecular weight is 382 g/mol. The van der Waals surface area contributed by atoms with Crippen LogP contribution in [0, 0.1) is 13.8 Å². The molecule has 1 heterocycles. The Morgan fingerprint density at radius 2 is 1.78 bits per heavy atom. The molecule has 4 rings (SSSR count). The van der Waals surface area contributed by atoms with E-state index >= 15 is 0 Å². The molecular weight excluding hydrogens is 360 g/mol. The second-order valence-electron chi connectivity index (χ2n) is 7.08. The van der Waals surface area contributed by atoms with E-state index in [2.05, 4.69) is 25.1 Å². The molecule has 0 unspecified atom stereocenters. The first kappa shape index (κ1) is 17.9. The largest absolute Gasteiger partial charge is 0.356 e. The van der Waals surface area contributed by atoms with Crippen LogP contribution in [0.5, 0.6) is 0 Å². The van der Waals surface area contributed by atoms with Crippen LogP contribution in [0.3, 0.4) is 0 Å². The zero-order valence-corrected chi connectivity index (χ0v) is 16.2. The molecule has 1 aliphatic carbocycles. The minimum atomic E-state index is -3.55. The number of aromatic nitrogens is 1. The van der Waals surface area contributed by atoms with Gasteiger partial charge in [0, 0.05) is 17.7 Å². The maximum Gasteiger partial charge on any atom is 0.243 e. The molecular formula is C21H22N2O3S.